The number of rotatable bonds is 8. The summed E-state index contributed by atoms with van der Waals surface area (Å²) < 4.78 is 5.05. The predicted octanol–water partition coefficient (Wildman–Crippen LogP) is 3.58. The van der Waals surface area contributed by atoms with E-state index in [1.54, 1.807) is 7.11 Å². The first-order valence-electron chi connectivity index (χ1n) is 5.88. The molecule has 0 aliphatic carbocycles. The van der Waals surface area contributed by atoms with Gasteiger partial charge in [-0.1, -0.05) is 18.5 Å². The average molecular weight is 274 g/mol. The molecule has 1 aromatic rings. The Kier molecular flexibility index (Phi) is 7.69. The molecule has 0 bridgehead atoms. The van der Waals surface area contributed by atoms with Crippen LogP contribution >= 0.6 is 23.4 Å². The average Bonchev–Trinajstić information content (AvgIpc) is 2.34. The Balaban J connectivity index is 2.55. The van der Waals surface area contributed by atoms with E-state index in [-0.39, 0.29) is 0 Å². The van der Waals surface area contributed by atoms with Gasteiger partial charge in [-0.05, 0) is 36.7 Å². The summed E-state index contributed by atoms with van der Waals surface area (Å²) in [5.74, 6) is 1.08. The number of thioether (sulfide) groups is 1. The van der Waals surface area contributed by atoms with Gasteiger partial charge in [0.15, 0.2) is 0 Å². The van der Waals surface area contributed by atoms with Crippen LogP contribution in [0.25, 0.3) is 0 Å². The van der Waals surface area contributed by atoms with Gasteiger partial charge in [-0.15, -0.1) is 11.8 Å². The predicted molar refractivity (Wildman–Crippen MR) is 76.0 cm³/mol. The highest BCUT2D eigenvalue weighted by molar-refractivity contribution is 7.99. The van der Waals surface area contributed by atoms with Crippen LogP contribution in [0, 0.1) is 0 Å². The van der Waals surface area contributed by atoms with Gasteiger partial charge < -0.3 is 10.1 Å². The van der Waals surface area contributed by atoms with E-state index >= 15 is 0 Å². The third-order valence-corrected chi connectivity index (χ3v) is 3.78. The summed E-state index contributed by atoms with van der Waals surface area (Å²) in [6.07, 6.45) is 1.07. The van der Waals surface area contributed by atoms with Crippen molar-refractivity contribution in [1.82, 2.24) is 5.32 Å². The first-order chi connectivity index (χ1) is 8.27. The first kappa shape index (κ1) is 14.8. The number of methoxy groups -OCH3 is 1. The highest BCUT2D eigenvalue weighted by Gasteiger charge is 2.03. The summed E-state index contributed by atoms with van der Waals surface area (Å²) in [6, 6.07) is 6.10. The number of ether oxygens (including phenoxy) is 1. The number of halogens is 1. The Bertz CT molecular complexity index is 333. The number of hydrogen-bond acceptors (Lipinski definition) is 3. The number of benzene rings is 1. The maximum Gasteiger partial charge on any atom is 0.0470 e. The fourth-order valence-electron chi connectivity index (χ4n) is 1.47. The summed E-state index contributed by atoms with van der Waals surface area (Å²) in [7, 11) is 1.74. The minimum absolute atomic E-state index is 0.805. The Morgan fingerprint density at radius 3 is 2.94 bits per heavy atom. The van der Waals surface area contributed by atoms with Gasteiger partial charge in [0.1, 0.15) is 0 Å². The lowest BCUT2D eigenvalue weighted by molar-refractivity contribution is 0.200. The fourth-order valence-corrected chi connectivity index (χ4v) is 2.63. The zero-order valence-corrected chi connectivity index (χ0v) is 12.0. The van der Waals surface area contributed by atoms with Crippen LogP contribution in [0.3, 0.4) is 0 Å². The van der Waals surface area contributed by atoms with Gasteiger partial charge in [0, 0.05) is 35.9 Å². The van der Waals surface area contributed by atoms with Crippen LogP contribution in [0.1, 0.15) is 18.9 Å². The van der Waals surface area contributed by atoms with E-state index in [1.165, 1.54) is 10.5 Å². The maximum absolute atomic E-state index is 6.02. The Hall–Kier alpha value is -0.220. The van der Waals surface area contributed by atoms with Crippen molar-refractivity contribution in [3.63, 3.8) is 0 Å². The molecule has 0 amide bonds. The van der Waals surface area contributed by atoms with Crippen LogP contribution in [-0.4, -0.2) is 26.0 Å². The summed E-state index contributed by atoms with van der Waals surface area (Å²) in [5.41, 5.74) is 1.28. The molecule has 1 rings (SSSR count). The van der Waals surface area contributed by atoms with E-state index in [1.807, 2.05) is 23.9 Å². The largest absolute Gasteiger partial charge is 0.385 e. The van der Waals surface area contributed by atoms with Gasteiger partial charge in [0.2, 0.25) is 0 Å². The zero-order valence-electron chi connectivity index (χ0n) is 10.5. The third-order valence-electron chi connectivity index (χ3n) is 2.34. The lowest BCUT2D eigenvalue weighted by Gasteiger charge is -2.10. The minimum Gasteiger partial charge on any atom is -0.385 e. The summed E-state index contributed by atoms with van der Waals surface area (Å²) in [5, 5.41) is 4.14. The van der Waals surface area contributed by atoms with Crippen molar-refractivity contribution in [1.29, 1.82) is 0 Å². The fraction of sp³-hybridized carbons (Fsp3) is 0.538. The molecule has 1 N–H and O–H groups in total. The molecule has 0 fully saturated rings. The standard InChI is InChI=1S/C13H20ClNOS/c1-3-15-10-11-9-12(14)5-6-13(11)17-8-4-7-16-2/h5-6,9,15H,3-4,7-8,10H2,1-2H3. The lowest BCUT2D eigenvalue weighted by atomic mass is 10.2. The molecule has 0 aliphatic rings. The molecular weight excluding hydrogens is 254 g/mol. The summed E-state index contributed by atoms with van der Waals surface area (Å²) >= 11 is 7.89. The number of nitrogens with one attached hydrogen (secondary N) is 1. The highest BCUT2D eigenvalue weighted by Crippen LogP contribution is 2.26. The van der Waals surface area contributed by atoms with Crippen molar-refractivity contribution >= 4 is 23.4 Å². The second kappa shape index (κ2) is 8.81. The van der Waals surface area contributed by atoms with Crippen LogP contribution in [0.5, 0.6) is 0 Å². The van der Waals surface area contributed by atoms with Gasteiger partial charge in [0.05, 0.1) is 0 Å². The third kappa shape index (κ3) is 5.77. The molecule has 0 aromatic heterocycles. The van der Waals surface area contributed by atoms with Gasteiger partial charge in [-0.2, -0.15) is 0 Å². The van der Waals surface area contributed by atoms with Crippen LogP contribution in [0.15, 0.2) is 23.1 Å². The smallest absolute Gasteiger partial charge is 0.0470 e. The van der Waals surface area contributed by atoms with Crippen LogP contribution in [-0.2, 0) is 11.3 Å². The lowest BCUT2D eigenvalue weighted by Crippen LogP contribution is -2.12. The molecule has 0 atom stereocenters. The molecule has 0 saturated carbocycles. The van der Waals surface area contributed by atoms with E-state index in [4.69, 9.17) is 16.3 Å². The van der Waals surface area contributed by atoms with Crippen molar-refractivity contribution in [3.05, 3.63) is 28.8 Å². The van der Waals surface area contributed by atoms with Crippen molar-refractivity contribution < 1.29 is 4.74 Å². The van der Waals surface area contributed by atoms with E-state index in [0.717, 1.165) is 36.9 Å². The molecule has 0 unspecified atom stereocenters. The van der Waals surface area contributed by atoms with Crippen LogP contribution < -0.4 is 5.32 Å². The minimum atomic E-state index is 0.805. The van der Waals surface area contributed by atoms with Gasteiger partial charge in [0.25, 0.3) is 0 Å². The molecule has 0 radical (unpaired) electrons. The molecule has 4 heteroatoms. The molecule has 0 saturated heterocycles. The second-order valence-electron chi connectivity index (χ2n) is 3.73. The van der Waals surface area contributed by atoms with Crippen molar-refractivity contribution in [2.75, 3.05) is 26.0 Å². The molecular formula is C13H20ClNOS. The Morgan fingerprint density at radius 1 is 1.41 bits per heavy atom. The van der Waals surface area contributed by atoms with E-state index in [2.05, 4.69) is 18.3 Å². The van der Waals surface area contributed by atoms with Gasteiger partial charge >= 0.3 is 0 Å². The van der Waals surface area contributed by atoms with Crippen molar-refractivity contribution in [3.8, 4) is 0 Å². The molecule has 0 spiro atoms. The summed E-state index contributed by atoms with van der Waals surface area (Å²) in [6.45, 7) is 4.78. The highest BCUT2D eigenvalue weighted by atomic mass is 35.5. The van der Waals surface area contributed by atoms with E-state index in [0.29, 0.717) is 0 Å². The normalized spacial score (nSPS) is 10.8. The molecule has 0 aliphatic heterocycles. The Labute approximate surface area is 113 Å². The SMILES string of the molecule is CCNCc1cc(Cl)ccc1SCCCOC. The zero-order chi connectivity index (χ0) is 12.5. The van der Waals surface area contributed by atoms with Gasteiger partial charge in [-0.25, -0.2) is 0 Å². The Morgan fingerprint density at radius 2 is 2.24 bits per heavy atom. The van der Waals surface area contributed by atoms with Crippen LogP contribution in [0.4, 0.5) is 0 Å². The molecule has 17 heavy (non-hydrogen) atoms. The first-order valence-corrected chi connectivity index (χ1v) is 7.25. The quantitative estimate of drug-likeness (QED) is 0.578. The van der Waals surface area contributed by atoms with E-state index < -0.39 is 0 Å². The maximum atomic E-state index is 6.02. The number of hydrogen-bond donors (Lipinski definition) is 1. The van der Waals surface area contributed by atoms with Crippen LogP contribution in [0.2, 0.25) is 5.02 Å². The monoisotopic (exact) mass is 273 g/mol. The summed E-state index contributed by atoms with van der Waals surface area (Å²) in [4.78, 5) is 1.31. The molecule has 0 heterocycles. The topological polar surface area (TPSA) is 21.3 Å². The molecule has 2 nitrogen and oxygen atoms in total. The van der Waals surface area contributed by atoms with Gasteiger partial charge in [-0.3, -0.25) is 0 Å². The van der Waals surface area contributed by atoms with Crippen molar-refractivity contribution in [2.24, 2.45) is 0 Å². The van der Waals surface area contributed by atoms with Crippen molar-refractivity contribution in [2.45, 2.75) is 24.8 Å². The second-order valence-corrected chi connectivity index (χ2v) is 5.30. The molecule has 1 aromatic carbocycles. The van der Waals surface area contributed by atoms with E-state index in [9.17, 15) is 0 Å². The molecule has 96 valence electrons.